The van der Waals surface area contributed by atoms with E-state index in [9.17, 15) is 0 Å². The summed E-state index contributed by atoms with van der Waals surface area (Å²) in [7, 11) is 2.00. The second-order valence-electron chi connectivity index (χ2n) is 5.10. The van der Waals surface area contributed by atoms with E-state index in [0.717, 1.165) is 27.0 Å². The van der Waals surface area contributed by atoms with Crippen molar-refractivity contribution in [3.63, 3.8) is 0 Å². The number of hydrogen-bond acceptors (Lipinski definition) is 3. The van der Waals surface area contributed by atoms with Gasteiger partial charge >= 0.3 is 0 Å². The molecular formula is C19H17NO2S. The molecule has 0 unspecified atom stereocenters. The van der Waals surface area contributed by atoms with Gasteiger partial charge in [-0.2, -0.15) is 0 Å². The van der Waals surface area contributed by atoms with Crippen molar-refractivity contribution < 1.29 is 9.47 Å². The zero-order valence-corrected chi connectivity index (χ0v) is 13.7. The SMILES string of the molecule is C=COCOc1ccc(-c2cc3ccccc3n(C)c2=S)cc1. The lowest BCUT2D eigenvalue weighted by Gasteiger charge is -2.11. The van der Waals surface area contributed by atoms with E-state index in [-0.39, 0.29) is 6.79 Å². The molecule has 116 valence electrons. The monoisotopic (exact) mass is 323 g/mol. The molecule has 0 N–H and O–H groups in total. The number of benzene rings is 2. The van der Waals surface area contributed by atoms with Gasteiger partial charge in [-0.3, -0.25) is 0 Å². The van der Waals surface area contributed by atoms with E-state index in [1.807, 2.05) is 48.0 Å². The Labute approximate surface area is 140 Å². The van der Waals surface area contributed by atoms with Gasteiger partial charge in [-0.1, -0.05) is 49.1 Å². The van der Waals surface area contributed by atoms with Crippen LogP contribution >= 0.6 is 12.2 Å². The molecule has 1 aromatic heterocycles. The molecule has 0 fully saturated rings. The van der Waals surface area contributed by atoms with Crippen LogP contribution in [0.25, 0.3) is 22.0 Å². The normalized spacial score (nSPS) is 10.5. The maximum Gasteiger partial charge on any atom is 0.229 e. The van der Waals surface area contributed by atoms with Crippen LogP contribution in [0.15, 0.2) is 67.4 Å². The van der Waals surface area contributed by atoms with Gasteiger partial charge in [0.25, 0.3) is 0 Å². The molecule has 0 radical (unpaired) electrons. The van der Waals surface area contributed by atoms with Crippen LogP contribution in [-0.4, -0.2) is 11.4 Å². The number of aromatic nitrogens is 1. The highest BCUT2D eigenvalue weighted by Gasteiger charge is 2.06. The van der Waals surface area contributed by atoms with Crippen LogP contribution in [0, 0.1) is 4.64 Å². The van der Waals surface area contributed by atoms with Gasteiger partial charge in [-0.25, -0.2) is 0 Å². The van der Waals surface area contributed by atoms with E-state index in [2.05, 4.69) is 24.8 Å². The highest BCUT2D eigenvalue weighted by atomic mass is 32.1. The Balaban J connectivity index is 1.98. The van der Waals surface area contributed by atoms with Gasteiger partial charge in [0, 0.05) is 18.1 Å². The summed E-state index contributed by atoms with van der Waals surface area (Å²) in [6.45, 7) is 3.63. The first-order valence-corrected chi connectivity index (χ1v) is 7.66. The van der Waals surface area contributed by atoms with E-state index < -0.39 is 0 Å². The van der Waals surface area contributed by atoms with Gasteiger partial charge in [0.2, 0.25) is 6.79 Å². The second-order valence-corrected chi connectivity index (χ2v) is 5.49. The molecule has 23 heavy (non-hydrogen) atoms. The van der Waals surface area contributed by atoms with Crippen LogP contribution in [-0.2, 0) is 11.8 Å². The van der Waals surface area contributed by atoms with Crippen LogP contribution in [0.2, 0.25) is 0 Å². The van der Waals surface area contributed by atoms with Crippen LogP contribution in [0.4, 0.5) is 0 Å². The standard InChI is InChI=1S/C19H17NO2S/c1-3-21-13-22-16-10-8-14(9-11-16)17-12-15-6-4-5-7-18(15)20(2)19(17)23/h3-12H,1,13H2,2H3. The largest absolute Gasteiger partial charge is 0.466 e. The van der Waals surface area contributed by atoms with Crippen molar-refractivity contribution >= 4 is 23.1 Å². The summed E-state index contributed by atoms with van der Waals surface area (Å²) in [5.74, 6) is 0.742. The predicted molar refractivity (Wildman–Crippen MR) is 96.0 cm³/mol. The molecule has 0 aliphatic rings. The van der Waals surface area contributed by atoms with Gasteiger partial charge in [0.15, 0.2) is 0 Å². The fraction of sp³-hybridized carbons (Fsp3) is 0.105. The Kier molecular flexibility index (Phi) is 4.44. The first-order chi connectivity index (χ1) is 11.2. The highest BCUT2D eigenvalue weighted by Crippen LogP contribution is 2.27. The number of ether oxygens (including phenoxy) is 2. The number of aryl methyl sites for hydroxylation is 1. The molecule has 0 saturated heterocycles. The fourth-order valence-corrected chi connectivity index (χ4v) is 2.79. The van der Waals surface area contributed by atoms with E-state index in [4.69, 9.17) is 21.7 Å². The van der Waals surface area contributed by atoms with Gasteiger partial charge in [0.05, 0.1) is 6.26 Å². The maximum absolute atomic E-state index is 5.62. The van der Waals surface area contributed by atoms with Crippen LogP contribution in [0.1, 0.15) is 0 Å². The first kappa shape index (κ1) is 15.3. The summed E-state index contributed by atoms with van der Waals surface area (Å²) >= 11 is 5.62. The smallest absolute Gasteiger partial charge is 0.229 e. The van der Waals surface area contributed by atoms with Crippen molar-refractivity contribution in [1.29, 1.82) is 0 Å². The topological polar surface area (TPSA) is 23.4 Å². The maximum atomic E-state index is 5.62. The van der Waals surface area contributed by atoms with Crippen molar-refractivity contribution in [2.45, 2.75) is 0 Å². The molecule has 3 aromatic rings. The molecule has 1 heterocycles. The molecule has 0 aliphatic heterocycles. The number of rotatable bonds is 5. The van der Waals surface area contributed by atoms with E-state index in [1.54, 1.807) is 0 Å². The lowest BCUT2D eigenvalue weighted by atomic mass is 10.0. The molecule has 0 amide bonds. The molecule has 0 atom stereocenters. The minimum Gasteiger partial charge on any atom is -0.466 e. The van der Waals surface area contributed by atoms with E-state index in [0.29, 0.717) is 0 Å². The number of para-hydroxylation sites is 1. The predicted octanol–water partition coefficient (Wildman–Crippen LogP) is 5.07. The van der Waals surface area contributed by atoms with E-state index >= 15 is 0 Å². The molecule has 2 aromatic carbocycles. The fourth-order valence-electron chi connectivity index (χ4n) is 2.51. The van der Waals surface area contributed by atoms with Crippen molar-refractivity contribution in [2.75, 3.05) is 6.79 Å². The zero-order valence-electron chi connectivity index (χ0n) is 12.9. The number of hydrogen-bond donors (Lipinski definition) is 0. The van der Waals surface area contributed by atoms with Crippen molar-refractivity contribution in [3.8, 4) is 16.9 Å². The van der Waals surface area contributed by atoms with Gasteiger partial charge in [0.1, 0.15) is 10.4 Å². The number of nitrogens with zero attached hydrogens (tertiary/aromatic N) is 1. The van der Waals surface area contributed by atoms with Crippen molar-refractivity contribution in [3.05, 3.63) is 72.1 Å². The van der Waals surface area contributed by atoms with E-state index in [1.165, 1.54) is 11.6 Å². The summed E-state index contributed by atoms with van der Waals surface area (Å²) in [5, 5.41) is 1.17. The van der Waals surface area contributed by atoms with Crippen LogP contribution in [0.3, 0.4) is 0 Å². The minimum absolute atomic E-state index is 0.153. The second kappa shape index (κ2) is 6.67. The number of pyridine rings is 1. The molecule has 3 nitrogen and oxygen atoms in total. The molecule has 0 spiro atoms. The molecule has 0 saturated carbocycles. The average Bonchev–Trinajstić information content (AvgIpc) is 2.59. The molecule has 0 aliphatic carbocycles. The minimum atomic E-state index is 0.153. The third-order valence-corrected chi connectivity index (χ3v) is 4.20. The van der Waals surface area contributed by atoms with Crippen LogP contribution < -0.4 is 4.74 Å². The summed E-state index contributed by atoms with van der Waals surface area (Å²) in [4.78, 5) is 0. The molecular weight excluding hydrogens is 306 g/mol. The molecule has 4 heteroatoms. The number of fused-ring (bicyclic) bond motifs is 1. The van der Waals surface area contributed by atoms with Gasteiger partial charge in [-0.05, 0) is 35.2 Å². The average molecular weight is 323 g/mol. The Hall–Kier alpha value is -2.59. The summed E-state index contributed by atoms with van der Waals surface area (Å²) in [5.41, 5.74) is 3.23. The quantitative estimate of drug-likeness (QED) is 0.283. The lowest BCUT2D eigenvalue weighted by Crippen LogP contribution is -1.98. The highest BCUT2D eigenvalue weighted by molar-refractivity contribution is 7.71. The lowest BCUT2D eigenvalue weighted by molar-refractivity contribution is 0.0807. The molecule has 0 bridgehead atoms. The third-order valence-electron chi connectivity index (χ3n) is 3.71. The Morgan fingerprint density at radius 3 is 2.61 bits per heavy atom. The van der Waals surface area contributed by atoms with Crippen molar-refractivity contribution in [1.82, 2.24) is 4.57 Å². The summed E-state index contributed by atoms with van der Waals surface area (Å²) < 4.78 is 13.3. The van der Waals surface area contributed by atoms with Crippen molar-refractivity contribution in [2.24, 2.45) is 7.05 Å². The zero-order chi connectivity index (χ0) is 16.2. The Morgan fingerprint density at radius 1 is 1.13 bits per heavy atom. The Morgan fingerprint density at radius 2 is 1.87 bits per heavy atom. The van der Waals surface area contributed by atoms with Crippen LogP contribution in [0.5, 0.6) is 5.75 Å². The summed E-state index contributed by atoms with van der Waals surface area (Å²) in [6, 6.07) is 18.2. The summed E-state index contributed by atoms with van der Waals surface area (Å²) in [6.07, 6.45) is 1.35. The first-order valence-electron chi connectivity index (χ1n) is 7.25. The third kappa shape index (κ3) is 3.12. The van der Waals surface area contributed by atoms with Gasteiger partial charge < -0.3 is 14.0 Å². The Bertz CT molecular complexity index is 897. The molecule has 3 rings (SSSR count). The van der Waals surface area contributed by atoms with Gasteiger partial charge in [-0.15, -0.1) is 0 Å².